The molecule has 0 atom stereocenters. The number of nitrogens with one attached hydrogen (secondary N) is 1. The van der Waals surface area contributed by atoms with Crippen molar-refractivity contribution < 1.29 is 19.4 Å². The number of carbonyl (C=O) groups is 2. The molecule has 0 aliphatic rings. The average Bonchev–Trinajstić information content (AvgIpc) is 2.01. The van der Waals surface area contributed by atoms with Crippen LogP contribution in [0, 0.1) is 0 Å². The van der Waals surface area contributed by atoms with Gasteiger partial charge >= 0.3 is 5.97 Å². The zero-order valence-electron chi connectivity index (χ0n) is 8.37. The third-order valence-corrected chi connectivity index (χ3v) is 1.19. The van der Waals surface area contributed by atoms with E-state index < -0.39 is 5.97 Å². The van der Waals surface area contributed by atoms with Gasteiger partial charge in [-0.2, -0.15) is 0 Å². The molecule has 80 valence electrons. The maximum absolute atomic E-state index is 11.0. The van der Waals surface area contributed by atoms with E-state index >= 15 is 0 Å². The number of hydrogen-bond acceptors (Lipinski definition) is 3. The molecule has 0 heterocycles. The van der Waals surface area contributed by atoms with Crippen molar-refractivity contribution in [3.8, 4) is 0 Å². The van der Waals surface area contributed by atoms with Crippen molar-refractivity contribution in [3.05, 3.63) is 11.6 Å². The van der Waals surface area contributed by atoms with Gasteiger partial charge in [0.2, 0.25) is 5.91 Å². The summed E-state index contributed by atoms with van der Waals surface area (Å²) < 4.78 is 4.72. The van der Waals surface area contributed by atoms with Crippen LogP contribution in [0.3, 0.4) is 0 Å². The lowest BCUT2D eigenvalue weighted by molar-refractivity contribution is -0.142. The number of hydrogen-bond donors (Lipinski definition) is 2. The maximum Gasteiger partial charge on any atom is 0.329 e. The highest BCUT2D eigenvalue weighted by Gasteiger charge is 1.97. The lowest BCUT2D eigenvalue weighted by Gasteiger charge is -2.02. The Hall–Kier alpha value is -1.36. The van der Waals surface area contributed by atoms with Gasteiger partial charge in [-0.1, -0.05) is 5.57 Å². The highest BCUT2D eigenvalue weighted by atomic mass is 16.5. The Morgan fingerprint density at radius 1 is 1.43 bits per heavy atom. The Morgan fingerprint density at radius 3 is 2.57 bits per heavy atom. The van der Waals surface area contributed by atoms with Crippen LogP contribution in [-0.2, 0) is 14.3 Å². The summed E-state index contributed by atoms with van der Waals surface area (Å²) in [7, 11) is 0. The molecular weight excluding hydrogens is 186 g/mol. The zero-order chi connectivity index (χ0) is 11.0. The fourth-order valence-electron chi connectivity index (χ4n) is 0.719. The molecule has 0 spiro atoms. The van der Waals surface area contributed by atoms with E-state index in [0.29, 0.717) is 6.54 Å². The second-order valence-electron chi connectivity index (χ2n) is 2.96. The molecule has 0 aliphatic carbocycles. The van der Waals surface area contributed by atoms with Crippen molar-refractivity contribution in [1.82, 2.24) is 5.32 Å². The fourth-order valence-corrected chi connectivity index (χ4v) is 0.719. The van der Waals surface area contributed by atoms with Crippen LogP contribution in [0.1, 0.15) is 13.8 Å². The van der Waals surface area contributed by atoms with Crippen LogP contribution in [-0.4, -0.2) is 36.7 Å². The summed E-state index contributed by atoms with van der Waals surface area (Å²) in [6.07, 6.45) is 1.47. The largest absolute Gasteiger partial charge is 0.480 e. The molecule has 14 heavy (non-hydrogen) atoms. The molecule has 0 unspecified atom stereocenters. The minimum Gasteiger partial charge on any atom is -0.480 e. The van der Waals surface area contributed by atoms with E-state index in [-0.39, 0.29) is 19.1 Å². The molecule has 0 aliphatic heterocycles. The number of aliphatic carboxylic acids is 1. The number of rotatable bonds is 6. The Morgan fingerprint density at radius 2 is 2.07 bits per heavy atom. The molecule has 5 nitrogen and oxygen atoms in total. The molecule has 0 saturated heterocycles. The van der Waals surface area contributed by atoms with Crippen LogP contribution >= 0.6 is 0 Å². The van der Waals surface area contributed by atoms with Gasteiger partial charge in [0.25, 0.3) is 0 Å². The predicted molar refractivity (Wildman–Crippen MR) is 50.9 cm³/mol. The van der Waals surface area contributed by atoms with Crippen molar-refractivity contribution in [1.29, 1.82) is 0 Å². The highest BCUT2D eigenvalue weighted by Crippen LogP contribution is 1.86. The van der Waals surface area contributed by atoms with Gasteiger partial charge in [-0.15, -0.1) is 0 Å². The van der Waals surface area contributed by atoms with Gasteiger partial charge in [0.1, 0.15) is 6.61 Å². The van der Waals surface area contributed by atoms with Gasteiger partial charge < -0.3 is 15.2 Å². The average molecular weight is 201 g/mol. The quantitative estimate of drug-likeness (QED) is 0.474. The molecule has 0 radical (unpaired) electrons. The van der Waals surface area contributed by atoms with Crippen LogP contribution < -0.4 is 5.32 Å². The summed E-state index contributed by atoms with van der Waals surface area (Å²) >= 11 is 0. The normalized spacial score (nSPS) is 9.29. The summed E-state index contributed by atoms with van der Waals surface area (Å²) in [5.41, 5.74) is 0.911. The third-order valence-electron chi connectivity index (χ3n) is 1.19. The Labute approximate surface area is 82.7 Å². The number of amides is 1. The van der Waals surface area contributed by atoms with Gasteiger partial charge in [0.05, 0.1) is 6.61 Å². The summed E-state index contributed by atoms with van der Waals surface area (Å²) in [6, 6.07) is 0. The monoisotopic (exact) mass is 201 g/mol. The van der Waals surface area contributed by atoms with Crippen molar-refractivity contribution in [2.75, 3.05) is 19.8 Å². The van der Waals surface area contributed by atoms with Gasteiger partial charge in [-0.3, -0.25) is 4.79 Å². The van der Waals surface area contributed by atoms with Crippen LogP contribution in [0.2, 0.25) is 0 Å². The molecule has 2 N–H and O–H groups in total. The Balaban J connectivity index is 3.41. The smallest absolute Gasteiger partial charge is 0.329 e. The summed E-state index contributed by atoms with van der Waals surface area (Å²) in [4.78, 5) is 21.0. The molecule has 1 amide bonds. The van der Waals surface area contributed by atoms with Crippen molar-refractivity contribution in [2.24, 2.45) is 0 Å². The van der Waals surface area contributed by atoms with Crippen molar-refractivity contribution in [3.63, 3.8) is 0 Å². The van der Waals surface area contributed by atoms with E-state index in [1.165, 1.54) is 6.08 Å². The van der Waals surface area contributed by atoms with Crippen LogP contribution in [0.25, 0.3) is 0 Å². The van der Waals surface area contributed by atoms with E-state index in [1.54, 1.807) is 0 Å². The van der Waals surface area contributed by atoms with E-state index in [4.69, 9.17) is 9.84 Å². The van der Waals surface area contributed by atoms with Gasteiger partial charge in [-0.05, 0) is 13.8 Å². The summed E-state index contributed by atoms with van der Waals surface area (Å²) in [6.45, 7) is 3.82. The topological polar surface area (TPSA) is 75.6 Å². The molecule has 0 fully saturated rings. The SMILES string of the molecule is CC(C)=CC(=O)NCCOCC(=O)O. The summed E-state index contributed by atoms with van der Waals surface area (Å²) in [5.74, 6) is -1.20. The standard InChI is InChI=1S/C9H15NO4/c1-7(2)5-8(11)10-3-4-14-6-9(12)13/h5H,3-4,6H2,1-2H3,(H,10,11)(H,12,13). The first-order valence-corrected chi connectivity index (χ1v) is 4.24. The maximum atomic E-state index is 11.0. The molecular formula is C9H15NO4. The number of carboxylic acid groups (broad SMARTS) is 1. The molecule has 5 heteroatoms. The van der Waals surface area contributed by atoms with Gasteiger partial charge in [0.15, 0.2) is 0 Å². The molecule has 0 aromatic carbocycles. The minimum atomic E-state index is -1.01. The number of carboxylic acids is 1. The highest BCUT2D eigenvalue weighted by molar-refractivity contribution is 5.87. The number of allylic oxidation sites excluding steroid dienone is 1. The minimum absolute atomic E-state index is 0.191. The van der Waals surface area contributed by atoms with Crippen LogP contribution in [0.5, 0.6) is 0 Å². The fraction of sp³-hybridized carbons (Fsp3) is 0.556. The molecule has 0 saturated carbocycles. The lowest BCUT2D eigenvalue weighted by Crippen LogP contribution is -2.26. The zero-order valence-corrected chi connectivity index (χ0v) is 8.37. The lowest BCUT2D eigenvalue weighted by atomic mass is 10.3. The van der Waals surface area contributed by atoms with Crippen LogP contribution in [0.4, 0.5) is 0 Å². The molecule has 0 aromatic heterocycles. The first kappa shape index (κ1) is 12.6. The van der Waals surface area contributed by atoms with Crippen LogP contribution in [0.15, 0.2) is 11.6 Å². The Kier molecular flexibility index (Phi) is 6.39. The second kappa shape index (κ2) is 7.08. The number of carbonyl (C=O) groups excluding carboxylic acids is 1. The second-order valence-corrected chi connectivity index (χ2v) is 2.96. The molecule has 0 aromatic rings. The van der Waals surface area contributed by atoms with E-state index in [1.807, 2.05) is 13.8 Å². The van der Waals surface area contributed by atoms with E-state index in [9.17, 15) is 9.59 Å². The molecule has 0 bridgehead atoms. The Bertz CT molecular complexity index is 231. The number of ether oxygens (including phenoxy) is 1. The van der Waals surface area contributed by atoms with Crippen molar-refractivity contribution in [2.45, 2.75) is 13.8 Å². The predicted octanol–water partition coefficient (Wildman–Crippen LogP) is 0.170. The molecule has 0 rings (SSSR count). The van der Waals surface area contributed by atoms with E-state index in [2.05, 4.69) is 5.32 Å². The first-order valence-electron chi connectivity index (χ1n) is 4.24. The van der Waals surface area contributed by atoms with Crippen molar-refractivity contribution >= 4 is 11.9 Å². The first-order chi connectivity index (χ1) is 6.52. The summed E-state index contributed by atoms with van der Waals surface area (Å²) in [5, 5.41) is 10.8. The van der Waals surface area contributed by atoms with Gasteiger partial charge in [0, 0.05) is 12.6 Å². The van der Waals surface area contributed by atoms with Gasteiger partial charge in [-0.25, -0.2) is 4.79 Å². The third kappa shape index (κ3) is 8.73. The van der Waals surface area contributed by atoms with E-state index in [0.717, 1.165) is 5.57 Å².